The molecular weight excluding hydrogens is 287 g/mol. The van der Waals surface area contributed by atoms with Crippen molar-refractivity contribution in [3.8, 4) is 5.75 Å². The van der Waals surface area contributed by atoms with Crippen molar-refractivity contribution in [3.05, 3.63) is 29.8 Å². The van der Waals surface area contributed by atoms with Gasteiger partial charge in [0.2, 0.25) is 0 Å². The molecule has 21 heavy (non-hydrogen) atoms. The number of likely N-dealkylation sites (N-methyl/N-ethyl adjacent to an activating group) is 1. The van der Waals surface area contributed by atoms with E-state index in [-0.39, 0.29) is 18.4 Å². The molecule has 0 fully saturated rings. The summed E-state index contributed by atoms with van der Waals surface area (Å²) in [7, 11) is 1.55. The van der Waals surface area contributed by atoms with Gasteiger partial charge in [-0.25, -0.2) is 0 Å². The lowest BCUT2D eigenvalue weighted by molar-refractivity contribution is -0.275. The smallest absolute Gasteiger partial charge is 0.405 e. The van der Waals surface area contributed by atoms with Crippen molar-refractivity contribution in [2.24, 2.45) is 0 Å². The predicted molar refractivity (Wildman–Crippen MR) is 72.2 cm³/mol. The van der Waals surface area contributed by atoms with E-state index in [0.717, 1.165) is 0 Å². The number of alkyl halides is 3. The third kappa shape index (κ3) is 6.79. The molecule has 0 saturated carbocycles. The maximum absolute atomic E-state index is 12.4. The molecule has 1 aromatic carbocycles. The van der Waals surface area contributed by atoms with Gasteiger partial charge in [-0.1, -0.05) is 25.1 Å². The lowest BCUT2D eigenvalue weighted by Crippen LogP contribution is -2.27. The van der Waals surface area contributed by atoms with E-state index in [1.54, 1.807) is 19.2 Å². The number of hydrogen-bond donors (Lipinski definition) is 1. The Morgan fingerprint density at radius 1 is 1.19 bits per heavy atom. The summed E-state index contributed by atoms with van der Waals surface area (Å²) in [6, 6.07) is 5.67. The van der Waals surface area contributed by atoms with E-state index in [1.807, 2.05) is 6.92 Å². The summed E-state index contributed by atoms with van der Waals surface area (Å²) in [6.07, 6.45) is -4.72. The molecular formula is C14H20F3NO3. The molecule has 0 aromatic heterocycles. The summed E-state index contributed by atoms with van der Waals surface area (Å²) in [6.45, 7) is 3.50. The number of ether oxygens (including phenoxy) is 3. The topological polar surface area (TPSA) is 39.7 Å². The molecule has 0 aliphatic heterocycles. The first-order valence-electron chi connectivity index (χ1n) is 6.62. The second-order valence-corrected chi connectivity index (χ2v) is 4.26. The van der Waals surface area contributed by atoms with Gasteiger partial charge in [0.05, 0.1) is 25.9 Å². The summed E-state index contributed by atoms with van der Waals surface area (Å²) in [5.41, 5.74) is 0.411. The number of rotatable bonds is 9. The van der Waals surface area contributed by atoms with E-state index in [4.69, 9.17) is 9.47 Å². The molecule has 120 valence electrons. The molecule has 1 N–H and O–H groups in total. The van der Waals surface area contributed by atoms with E-state index < -0.39 is 6.36 Å². The zero-order chi connectivity index (χ0) is 15.7. The standard InChI is InChI=1S/C14H20F3NO3/c1-3-18-12(10-20-9-8-19-2)11-6-4-5-7-13(11)21-14(15,16)17/h4-7,12,18H,3,8-10H2,1-2H3. The Balaban J connectivity index is 2.81. The third-order valence-electron chi connectivity index (χ3n) is 2.69. The van der Waals surface area contributed by atoms with Crippen LogP contribution in [-0.4, -0.2) is 39.8 Å². The average Bonchev–Trinajstić information content (AvgIpc) is 2.41. The van der Waals surface area contributed by atoms with Crippen LogP contribution in [0.2, 0.25) is 0 Å². The Morgan fingerprint density at radius 3 is 2.52 bits per heavy atom. The van der Waals surface area contributed by atoms with Gasteiger partial charge in [-0.05, 0) is 12.6 Å². The first-order chi connectivity index (χ1) is 9.98. The van der Waals surface area contributed by atoms with Crippen LogP contribution in [0.3, 0.4) is 0 Å². The van der Waals surface area contributed by atoms with Crippen LogP contribution in [0.25, 0.3) is 0 Å². The lowest BCUT2D eigenvalue weighted by atomic mass is 10.1. The minimum absolute atomic E-state index is 0.216. The highest BCUT2D eigenvalue weighted by Crippen LogP contribution is 2.30. The molecule has 0 aliphatic rings. The molecule has 7 heteroatoms. The minimum atomic E-state index is -4.72. The summed E-state index contributed by atoms with van der Waals surface area (Å²) < 4.78 is 51.6. The van der Waals surface area contributed by atoms with Crippen molar-refractivity contribution in [1.82, 2.24) is 5.32 Å². The SMILES string of the molecule is CCNC(COCCOC)c1ccccc1OC(F)(F)F. The van der Waals surface area contributed by atoms with Gasteiger partial charge in [0, 0.05) is 12.7 Å². The predicted octanol–water partition coefficient (Wildman–Crippen LogP) is 2.90. The van der Waals surface area contributed by atoms with Gasteiger partial charge < -0.3 is 19.5 Å². The zero-order valence-corrected chi connectivity index (χ0v) is 12.1. The Labute approximate surface area is 122 Å². The first-order valence-corrected chi connectivity index (χ1v) is 6.62. The summed E-state index contributed by atoms with van der Waals surface area (Å²) in [5, 5.41) is 3.09. The van der Waals surface area contributed by atoms with E-state index in [2.05, 4.69) is 10.1 Å². The molecule has 0 heterocycles. The Hall–Kier alpha value is -1.31. The molecule has 0 bridgehead atoms. The maximum Gasteiger partial charge on any atom is 0.573 e. The van der Waals surface area contributed by atoms with Crippen molar-refractivity contribution >= 4 is 0 Å². The summed E-state index contributed by atoms with van der Waals surface area (Å²) in [4.78, 5) is 0. The zero-order valence-electron chi connectivity index (χ0n) is 12.1. The number of hydrogen-bond acceptors (Lipinski definition) is 4. The molecule has 0 radical (unpaired) electrons. The highest BCUT2D eigenvalue weighted by molar-refractivity contribution is 5.36. The number of benzene rings is 1. The summed E-state index contributed by atoms with van der Waals surface area (Å²) in [5.74, 6) is -0.216. The Kier molecular flexibility index (Phi) is 7.49. The van der Waals surface area contributed by atoms with Crippen LogP contribution in [0.15, 0.2) is 24.3 Å². The fraction of sp³-hybridized carbons (Fsp3) is 0.571. The Morgan fingerprint density at radius 2 is 1.90 bits per heavy atom. The molecule has 1 aromatic rings. The lowest BCUT2D eigenvalue weighted by Gasteiger charge is -2.22. The highest BCUT2D eigenvalue weighted by Gasteiger charge is 2.32. The van der Waals surface area contributed by atoms with Crippen molar-refractivity contribution < 1.29 is 27.4 Å². The van der Waals surface area contributed by atoms with E-state index in [0.29, 0.717) is 25.3 Å². The number of nitrogens with one attached hydrogen (secondary N) is 1. The second-order valence-electron chi connectivity index (χ2n) is 4.26. The fourth-order valence-electron chi connectivity index (χ4n) is 1.83. The van der Waals surface area contributed by atoms with E-state index >= 15 is 0 Å². The van der Waals surface area contributed by atoms with Crippen molar-refractivity contribution in [1.29, 1.82) is 0 Å². The fourth-order valence-corrected chi connectivity index (χ4v) is 1.83. The largest absolute Gasteiger partial charge is 0.573 e. The van der Waals surface area contributed by atoms with Gasteiger partial charge in [-0.15, -0.1) is 13.2 Å². The van der Waals surface area contributed by atoms with Crippen molar-refractivity contribution in [2.45, 2.75) is 19.3 Å². The Bertz CT molecular complexity index is 413. The summed E-state index contributed by atoms with van der Waals surface area (Å²) >= 11 is 0. The molecule has 4 nitrogen and oxygen atoms in total. The third-order valence-corrected chi connectivity index (χ3v) is 2.69. The van der Waals surface area contributed by atoms with Crippen LogP contribution in [0, 0.1) is 0 Å². The van der Waals surface area contributed by atoms with Gasteiger partial charge in [0.1, 0.15) is 5.75 Å². The van der Waals surface area contributed by atoms with Crippen LogP contribution in [0.4, 0.5) is 13.2 Å². The molecule has 1 unspecified atom stereocenters. The van der Waals surface area contributed by atoms with E-state index in [1.165, 1.54) is 12.1 Å². The minimum Gasteiger partial charge on any atom is -0.405 e. The molecule has 0 aliphatic carbocycles. The molecule has 1 atom stereocenters. The highest BCUT2D eigenvalue weighted by atomic mass is 19.4. The number of halogens is 3. The van der Waals surface area contributed by atoms with Crippen LogP contribution < -0.4 is 10.1 Å². The molecule has 1 rings (SSSR count). The van der Waals surface area contributed by atoms with Gasteiger partial charge in [0.15, 0.2) is 0 Å². The normalized spacial score (nSPS) is 13.2. The van der Waals surface area contributed by atoms with Crippen LogP contribution in [-0.2, 0) is 9.47 Å². The van der Waals surface area contributed by atoms with Crippen molar-refractivity contribution in [3.63, 3.8) is 0 Å². The molecule has 0 saturated heterocycles. The maximum atomic E-state index is 12.4. The molecule has 0 spiro atoms. The quantitative estimate of drug-likeness (QED) is 0.712. The van der Waals surface area contributed by atoms with Crippen LogP contribution in [0.1, 0.15) is 18.5 Å². The van der Waals surface area contributed by atoms with Gasteiger partial charge in [-0.3, -0.25) is 0 Å². The number of para-hydroxylation sites is 1. The van der Waals surface area contributed by atoms with Gasteiger partial charge in [-0.2, -0.15) is 0 Å². The van der Waals surface area contributed by atoms with Crippen LogP contribution in [0.5, 0.6) is 5.75 Å². The van der Waals surface area contributed by atoms with Gasteiger partial charge in [0.25, 0.3) is 0 Å². The molecule has 0 amide bonds. The van der Waals surface area contributed by atoms with E-state index in [9.17, 15) is 13.2 Å². The monoisotopic (exact) mass is 307 g/mol. The average molecular weight is 307 g/mol. The van der Waals surface area contributed by atoms with Crippen LogP contribution >= 0.6 is 0 Å². The number of methoxy groups -OCH3 is 1. The first kappa shape index (κ1) is 17.7. The van der Waals surface area contributed by atoms with Gasteiger partial charge >= 0.3 is 6.36 Å². The van der Waals surface area contributed by atoms with Crippen molar-refractivity contribution in [2.75, 3.05) is 33.5 Å². The second kappa shape index (κ2) is 8.86.